The van der Waals surface area contributed by atoms with Crippen LogP contribution in [0.5, 0.6) is 0 Å². The molecule has 0 saturated heterocycles. The first-order valence-electron chi connectivity index (χ1n) is 6.67. The first-order chi connectivity index (χ1) is 7.37. The van der Waals surface area contributed by atoms with Gasteiger partial charge in [0, 0.05) is 13.2 Å². The Hall–Kier alpha value is -0.0800. The zero-order chi connectivity index (χ0) is 12.4. The van der Waals surface area contributed by atoms with Crippen LogP contribution in [0.15, 0.2) is 0 Å². The summed E-state index contributed by atoms with van der Waals surface area (Å²) >= 11 is 0. The lowest BCUT2D eigenvalue weighted by Gasteiger charge is -2.47. The number of hydrogen-bond donors (Lipinski definition) is 1. The zero-order valence-corrected chi connectivity index (χ0v) is 11.7. The molecule has 0 aromatic heterocycles. The van der Waals surface area contributed by atoms with E-state index in [2.05, 4.69) is 27.7 Å². The minimum absolute atomic E-state index is 0.0645. The summed E-state index contributed by atoms with van der Waals surface area (Å²) in [5.41, 5.74) is 6.82. The lowest BCUT2D eigenvalue weighted by Crippen LogP contribution is -2.55. The molecule has 16 heavy (non-hydrogen) atoms. The monoisotopic (exact) mass is 227 g/mol. The summed E-state index contributed by atoms with van der Waals surface area (Å²) in [4.78, 5) is 0. The number of methoxy groups -OCH3 is 1. The van der Waals surface area contributed by atoms with Gasteiger partial charge in [0.15, 0.2) is 0 Å². The first-order valence-corrected chi connectivity index (χ1v) is 6.67. The van der Waals surface area contributed by atoms with Gasteiger partial charge < -0.3 is 10.5 Å². The van der Waals surface area contributed by atoms with Gasteiger partial charge in [-0.3, -0.25) is 0 Å². The molecule has 0 aromatic carbocycles. The fourth-order valence-electron chi connectivity index (χ4n) is 2.80. The van der Waals surface area contributed by atoms with Gasteiger partial charge in [-0.15, -0.1) is 0 Å². The van der Waals surface area contributed by atoms with Crippen LogP contribution in [0.1, 0.15) is 59.8 Å². The van der Waals surface area contributed by atoms with E-state index in [1.807, 2.05) is 7.11 Å². The Labute approximate surface area is 101 Å². The number of ether oxygens (including phenoxy) is 1. The predicted molar refractivity (Wildman–Crippen MR) is 69.4 cm³/mol. The highest BCUT2D eigenvalue weighted by molar-refractivity contribution is 4.98. The van der Waals surface area contributed by atoms with E-state index < -0.39 is 0 Å². The maximum absolute atomic E-state index is 6.41. The third kappa shape index (κ3) is 2.78. The zero-order valence-electron chi connectivity index (χ0n) is 11.7. The summed E-state index contributed by atoms with van der Waals surface area (Å²) in [5.74, 6) is 0.543. The Morgan fingerprint density at radius 1 is 1.19 bits per heavy atom. The highest BCUT2D eigenvalue weighted by atomic mass is 16.5. The van der Waals surface area contributed by atoms with E-state index in [0.29, 0.717) is 11.3 Å². The third-order valence-electron chi connectivity index (χ3n) is 4.72. The summed E-state index contributed by atoms with van der Waals surface area (Å²) in [6, 6.07) is 0.179. The van der Waals surface area contributed by atoms with Crippen LogP contribution in [-0.4, -0.2) is 18.8 Å². The van der Waals surface area contributed by atoms with Crippen molar-refractivity contribution in [1.29, 1.82) is 0 Å². The van der Waals surface area contributed by atoms with Crippen molar-refractivity contribution in [3.05, 3.63) is 0 Å². The van der Waals surface area contributed by atoms with Crippen molar-refractivity contribution in [2.24, 2.45) is 17.1 Å². The topological polar surface area (TPSA) is 35.2 Å². The van der Waals surface area contributed by atoms with E-state index in [1.165, 1.54) is 12.8 Å². The van der Waals surface area contributed by atoms with Crippen LogP contribution >= 0.6 is 0 Å². The molecule has 0 bridgehead atoms. The Morgan fingerprint density at radius 2 is 1.69 bits per heavy atom. The van der Waals surface area contributed by atoms with E-state index in [1.54, 1.807) is 0 Å². The molecule has 1 aliphatic carbocycles. The normalized spacial score (nSPS) is 27.4. The average molecular weight is 227 g/mol. The maximum Gasteiger partial charge on any atom is 0.0831 e. The molecular formula is C14H29NO. The van der Waals surface area contributed by atoms with Gasteiger partial charge in [-0.05, 0) is 37.0 Å². The van der Waals surface area contributed by atoms with Crippen LogP contribution in [0.3, 0.4) is 0 Å². The SMILES string of the molecule is CCC(C)C(N)C1(OC)CCC(C)(C)CC1. The molecule has 2 nitrogen and oxygen atoms in total. The Kier molecular flexibility index (Phi) is 4.42. The van der Waals surface area contributed by atoms with Crippen LogP contribution in [0.2, 0.25) is 0 Å². The fraction of sp³-hybridized carbons (Fsp3) is 1.00. The molecule has 0 spiro atoms. The molecule has 0 aromatic rings. The largest absolute Gasteiger partial charge is 0.377 e. The molecular weight excluding hydrogens is 198 g/mol. The Bertz CT molecular complexity index is 215. The summed E-state index contributed by atoms with van der Waals surface area (Å²) in [5, 5.41) is 0. The molecule has 2 heteroatoms. The van der Waals surface area contributed by atoms with Crippen molar-refractivity contribution in [3.63, 3.8) is 0 Å². The van der Waals surface area contributed by atoms with Crippen LogP contribution in [0.4, 0.5) is 0 Å². The molecule has 1 fully saturated rings. The second-order valence-electron chi connectivity index (χ2n) is 6.34. The molecule has 96 valence electrons. The predicted octanol–water partition coefficient (Wildman–Crippen LogP) is 3.35. The molecule has 0 aliphatic heterocycles. The summed E-state index contributed by atoms with van der Waals surface area (Å²) in [6.07, 6.45) is 5.82. The molecule has 1 saturated carbocycles. The minimum Gasteiger partial charge on any atom is -0.377 e. The molecule has 2 atom stereocenters. The van der Waals surface area contributed by atoms with Gasteiger partial charge in [-0.1, -0.05) is 34.1 Å². The number of nitrogens with two attached hydrogens (primary N) is 1. The fourth-order valence-corrected chi connectivity index (χ4v) is 2.80. The standard InChI is InChI=1S/C14H29NO/c1-6-11(2)12(15)14(16-5)9-7-13(3,4)8-10-14/h11-12H,6-10,15H2,1-5H3. The van der Waals surface area contributed by atoms with Crippen molar-refractivity contribution in [3.8, 4) is 0 Å². The molecule has 0 radical (unpaired) electrons. The number of rotatable bonds is 4. The van der Waals surface area contributed by atoms with Crippen molar-refractivity contribution in [2.75, 3.05) is 7.11 Å². The number of hydrogen-bond acceptors (Lipinski definition) is 2. The summed E-state index contributed by atoms with van der Waals surface area (Å²) in [7, 11) is 1.83. The molecule has 2 N–H and O–H groups in total. The van der Waals surface area contributed by atoms with Gasteiger partial charge in [0.1, 0.15) is 0 Å². The summed E-state index contributed by atoms with van der Waals surface area (Å²) < 4.78 is 5.83. The van der Waals surface area contributed by atoms with Gasteiger partial charge in [0.2, 0.25) is 0 Å². The van der Waals surface area contributed by atoms with Gasteiger partial charge in [-0.25, -0.2) is 0 Å². The smallest absolute Gasteiger partial charge is 0.0831 e. The molecule has 0 heterocycles. The van der Waals surface area contributed by atoms with Gasteiger partial charge >= 0.3 is 0 Å². The lowest BCUT2D eigenvalue weighted by atomic mass is 9.66. The van der Waals surface area contributed by atoms with Gasteiger partial charge in [-0.2, -0.15) is 0 Å². The van der Waals surface area contributed by atoms with Crippen LogP contribution in [-0.2, 0) is 4.74 Å². The minimum atomic E-state index is -0.0645. The molecule has 1 rings (SSSR count). The second kappa shape index (κ2) is 5.05. The van der Waals surface area contributed by atoms with E-state index in [-0.39, 0.29) is 11.6 Å². The third-order valence-corrected chi connectivity index (χ3v) is 4.72. The summed E-state index contributed by atoms with van der Waals surface area (Å²) in [6.45, 7) is 9.15. The molecule has 0 amide bonds. The van der Waals surface area contributed by atoms with E-state index in [4.69, 9.17) is 10.5 Å². The highest BCUT2D eigenvalue weighted by Gasteiger charge is 2.44. The van der Waals surface area contributed by atoms with Crippen molar-refractivity contribution in [2.45, 2.75) is 71.4 Å². The van der Waals surface area contributed by atoms with E-state index in [0.717, 1.165) is 19.3 Å². The van der Waals surface area contributed by atoms with Crippen LogP contribution in [0, 0.1) is 11.3 Å². The molecule has 2 unspecified atom stereocenters. The average Bonchev–Trinajstić information content (AvgIpc) is 2.28. The molecule has 1 aliphatic rings. The van der Waals surface area contributed by atoms with Crippen molar-refractivity contribution < 1.29 is 4.74 Å². The second-order valence-corrected chi connectivity index (χ2v) is 6.34. The van der Waals surface area contributed by atoms with Crippen molar-refractivity contribution >= 4 is 0 Å². The van der Waals surface area contributed by atoms with E-state index in [9.17, 15) is 0 Å². The Morgan fingerprint density at radius 3 is 2.06 bits per heavy atom. The maximum atomic E-state index is 6.41. The van der Waals surface area contributed by atoms with Gasteiger partial charge in [0.25, 0.3) is 0 Å². The first kappa shape index (κ1) is 14.0. The lowest BCUT2D eigenvalue weighted by molar-refractivity contribution is -0.0886. The van der Waals surface area contributed by atoms with Gasteiger partial charge in [0.05, 0.1) is 5.60 Å². The van der Waals surface area contributed by atoms with Crippen LogP contribution < -0.4 is 5.73 Å². The Balaban J connectivity index is 2.73. The highest BCUT2D eigenvalue weighted by Crippen LogP contribution is 2.44. The van der Waals surface area contributed by atoms with Crippen molar-refractivity contribution in [1.82, 2.24) is 0 Å². The quantitative estimate of drug-likeness (QED) is 0.799. The van der Waals surface area contributed by atoms with Crippen LogP contribution in [0.25, 0.3) is 0 Å². The van der Waals surface area contributed by atoms with E-state index >= 15 is 0 Å².